The van der Waals surface area contributed by atoms with Crippen LogP contribution in [-0.4, -0.2) is 25.4 Å². The highest BCUT2D eigenvalue weighted by Gasteiger charge is 2.11. The summed E-state index contributed by atoms with van der Waals surface area (Å²) in [7, 11) is -3.70. The molecule has 0 radical (unpaired) electrons. The Morgan fingerprint density at radius 1 is 1.07 bits per heavy atom. The van der Waals surface area contributed by atoms with E-state index < -0.39 is 10.0 Å². The number of nitrogens with two attached hydrogens (primary N) is 1. The van der Waals surface area contributed by atoms with Gasteiger partial charge in [-0.2, -0.15) is 0 Å². The van der Waals surface area contributed by atoms with E-state index in [1.165, 1.54) is 12.1 Å². The number of carbonyl (C=O) groups is 1. The third kappa shape index (κ3) is 4.77. The Bertz CT molecular complexity index is 1050. The van der Waals surface area contributed by atoms with Crippen LogP contribution in [0.5, 0.6) is 0 Å². The minimum atomic E-state index is -3.70. The van der Waals surface area contributed by atoms with Gasteiger partial charge in [-0.1, -0.05) is 23.7 Å². The van der Waals surface area contributed by atoms with Gasteiger partial charge >= 0.3 is 0 Å². The molecule has 3 aromatic rings. The maximum Gasteiger partial charge on any atom is 0.252 e. The Balaban J connectivity index is 1.59. The lowest BCUT2D eigenvalue weighted by Gasteiger charge is -2.09. The molecule has 1 aromatic heterocycles. The lowest BCUT2D eigenvalue weighted by molar-refractivity contribution is 0.0954. The monoisotopic (exact) mass is 403 g/mol. The highest BCUT2D eigenvalue weighted by Crippen LogP contribution is 2.20. The van der Waals surface area contributed by atoms with Crippen molar-refractivity contribution in [1.29, 1.82) is 0 Å². The number of amides is 1. The summed E-state index contributed by atoms with van der Waals surface area (Å²) in [6.07, 6.45) is 4.34. The summed E-state index contributed by atoms with van der Waals surface area (Å²) in [5, 5.41) is 8.25. The van der Waals surface area contributed by atoms with Gasteiger partial charge in [0.1, 0.15) is 0 Å². The van der Waals surface area contributed by atoms with Gasteiger partial charge in [-0.05, 0) is 54.4 Å². The summed E-state index contributed by atoms with van der Waals surface area (Å²) >= 11 is 6.25. The van der Waals surface area contributed by atoms with E-state index in [1.54, 1.807) is 24.3 Å². The highest BCUT2D eigenvalue weighted by molar-refractivity contribution is 7.89. The summed E-state index contributed by atoms with van der Waals surface area (Å²) in [6, 6.07) is 15.3. The molecule has 8 heteroatoms. The summed E-state index contributed by atoms with van der Waals surface area (Å²) < 4.78 is 24.4. The molecular formula is C19H18ClN3O3S. The van der Waals surface area contributed by atoms with Crippen molar-refractivity contribution in [3.05, 3.63) is 83.1 Å². The maximum atomic E-state index is 12.3. The number of sulfonamides is 1. The van der Waals surface area contributed by atoms with E-state index in [1.807, 2.05) is 35.2 Å². The van der Waals surface area contributed by atoms with Gasteiger partial charge in [0.25, 0.3) is 5.91 Å². The standard InChI is InChI=1S/C19H18ClN3O3S/c20-18-13-15(23-11-1-2-12-23)5-8-17(18)19(24)22-10-9-14-3-6-16(7-4-14)27(21,25)26/h1-8,11-13H,9-10H2,(H,22,24)(H2,21,25,26). The molecule has 0 aliphatic carbocycles. The molecule has 1 amide bonds. The summed E-state index contributed by atoms with van der Waals surface area (Å²) in [4.78, 5) is 12.4. The number of hydrogen-bond acceptors (Lipinski definition) is 3. The van der Waals surface area contributed by atoms with Gasteiger partial charge in [0.05, 0.1) is 15.5 Å². The molecule has 27 heavy (non-hydrogen) atoms. The molecule has 6 nitrogen and oxygen atoms in total. The predicted octanol–water partition coefficient (Wildman–Crippen LogP) is 2.75. The zero-order chi connectivity index (χ0) is 19.4. The number of halogens is 1. The fourth-order valence-corrected chi connectivity index (χ4v) is 3.39. The van der Waals surface area contributed by atoms with E-state index in [0.717, 1.165) is 11.3 Å². The lowest BCUT2D eigenvalue weighted by Crippen LogP contribution is -2.26. The van der Waals surface area contributed by atoms with Gasteiger partial charge in [0, 0.05) is 24.6 Å². The van der Waals surface area contributed by atoms with Crippen molar-refractivity contribution in [2.75, 3.05) is 6.54 Å². The molecule has 0 unspecified atom stereocenters. The SMILES string of the molecule is NS(=O)(=O)c1ccc(CCNC(=O)c2ccc(-n3cccc3)cc2Cl)cc1. The highest BCUT2D eigenvalue weighted by atomic mass is 35.5. The van der Waals surface area contributed by atoms with Crippen molar-refractivity contribution in [2.24, 2.45) is 5.14 Å². The molecule has 0 aliphatic rings. The minimum Gasteiger partial charge on any atom is -0.352 e. The molecule has 3 N–H and O–H groups in total. The Morgan fingerprint density at radius 3 is 2.33 bits per heavy atom. The second-order valence-electron chi connectivity index (χ2n) is 5.95. The van der Waals surface area contributed by atoms with E-state index in [2.05, 4.69) is 5.32 Å². The van der Waals surface area contributed by atoms with Crippen LogP contribution >= 0.6 is 11.6 Å². The maximum absolute atomic E-state index is 12.3. The molecule has 3 rings (SSSR count). The second-order valence-corrected chi connectivity index (χ2v) is 7.92. The van der Waals surface area contributed by atoms with Crippen LogP contribution in [0.1, 0.15) is 15.9 Å². The molecule has 0 atom stereocenters. The predicted molar refractivity (Wildman–Crippen MR) is 105 cm³/mol. The van der Waals surface area contributed by atoms with Crippen molar-refractivity contribution < 1.29 is 13.2 Å². The molecule has 0 spiro atoms. The second kappa shape index (κ2) is 7.96. The van der Waals surface area contributed by atoms with E-state index in [-0.39, 0.29) is 10.8 Å². The first-order chi connectivity index (χ1) is 12.8. The first kappa shape index (κ1) is 19.2. The Morgan fingerprint density at radius 2 is 1.74 bits per heavy atom. The molecule has 0 fully saturated rings. The van der Waals surface area contributed by atoms with Gasteiger partial charge < -0.3 is 9.88 Å². The summed E-state index contributed by atoms with van der Waals surface area (Å²) in [5.74, 6) is -0.264. The third-order valence-electron chi connectivity index (χ3n) is 4.05. The topological polar surface area (TPSA) is 94.2 Å². The van der Waals surface area contributed by atoms with Crippen LogP contribution in [0.15, 0.2) is 71.9 Å². The van der Waals surface area contributed by atoms with Crippen molar-refractivity contribution in [3.8, 4) is 5.69 Å². The number of nitrogens with one attached hydrogen (secondary N) is 1. The van der Waals surface area contributed by atoms with Gasteiger partial charge in [-0.15, -0.1) is 0 Å². The molecule has 0 aliphatic heterocycles. The average Bonchev–Trinajstić information content (AvgIpc) is 3.16. The van der Waals surface area contributed by atoms with Crippen LogP contribution < -0.4 is 10.5 Å². The average molecular weight is 404 g/mol. The first-order valence-electron chi connectivity index (χ1n) is 8.17. The third-order valence-corrected chi connectivity index (χ3v) is 5.29. The number of primary sulfonamides is 1. The fraction of sp³-hybridized carbons (Fsp3) is 0.105. The van der Waals surface area contributed by atoms with E-state index in [0.29, 0.717) is 23.6 Å². The number of benzene rings is 2. The van der Waals surface area contributed by atoms with Crippen LogP contribution in [0.25, 0.3) is 5.69 Å². The van der Waals surface area contributed by atoms with Crippen LogP contribution in [0, 0.1) is 0 Å². The Labute approximate surface area is 162 Å². The first-order valence-corrected chi connectivity index (χ1v) is 10.1. The number of aromatic nitrogens is 1. The van der Waals surface area contributed by atoms with Crippen molar-refractivity contribution >= 4 is 27.5 Å². The molecule has 140 valence electrons. The Kier molecular flexibility index (Phi) is 5.65. The molecule has 0 saturated heterocycles. The zero-order valence-corrected chi connectivity index (χ0v) is 15.9. The van der Waals surface area contributed by atoms with E-state index in [9.17, 15) is 13.2 Å². The summed E-state index contributed by atoms with van der Waals surface area (Å²) in [5.41, 5.74) is 2.16. The molecule has 0 bridgehead atoms. The van der Waals surface area contributed by atoms with E-state index >= 15 is 0 Å². The van der Waals surface area contributed by atoms with Crippen LogP contribution in [0.2, 0.25) is 5.02 Å². The molecule has 0 saturated carbocycles. The van der Waals surface area contributed by atoms with Crippen LogP contribution in [0.4, 0.5) is 0 Å². The normalized spacial score (nSPS) is 11.3. The lowest BCUT2D eigenvalue weighted by atomic mass is 10.1. The van der Waals surface area contributed by atoms with Gasteiger partial charge in [-0.25, -0.2) is 13.6 Å². The van der Waals surface area contributed by atoms with Gasteiger partial charge in [0.15, 0.2) is 0 Å². The summed E-state index contributed by atoms with van der Waals surface area (Å²) in [6.45, 7) is 0.392. The van der Waals surface area contributed by atoms with Crippen LogP contribution in [0.3, 0.4) is 0 Å². The smallest absolute Gasteiger partial charge is 0.252 e. The van der Waals surface area contributed by atoms with E-state index in [4.69, 9.17) is 16.7 Å². The van der Waals surface area contributed by atoms with Gasteiger partial charge in [0.2, 0.25) is 10.0 Å². The largest absolute Gasteiger partial charge is 0.352 e. The number of nitrogens with zero attached hydrogens (tertiary/aromatic N) is 1. The quantitative estimate of drug-likeness (QED) is 0.662. The fourth-order valence-electron chi connectivity index (χ4n) is 2.62. The molecule has 2 aromatic carbocycles. The molecule has 1 heterocycles. The molecular weight excluding hydrogens is 386 g/mol. The number of carbonyl (C=O) groups excluding carboxylic acids is 1. The number of rotatable bonds is 6. The van der Waals surface area contributed by atoms with Crippen molar-refractivity contribution in [2.45, 2.75) is 11.3 Å². The minimum absolute atomic E-state index is 0.0600. The van der Waals surface area contributed by atoms with Crippen LogP contribution in [-0.2, 0) is 16.4 Å². The van der Waals surface area contributed by atoms with Crippen molar-refractivity contribution in [3.63, 3.8) is 0 Å². The van der Waals surface area contributed by atoms with Gasteiger partial charge in [-0.3, -0.25) is 4.79 Å². The zero-order valence-electron chi connectivity index (χ0n) is 14.3. The number of hydrogen-bond donors (Lipinski definition) is 2. The Hall–Kier alpha value is -2.61. The van der Waals surface area contributed by atoms with Crippen molar-refractivity contribution in [1.82, 2.24) is 9.88 Å².